The summed E-state index contributed by atoms with van der Waals surface area (Å²) in [5, 5.41) is 10.9. The molecule has 20 heavy (non-hydrogen) atoms. The molecule has 5 nitrogen and oxygen atoms in total. The van der Waals surface area contributed by atoms with Gasteiger partial charge in [0.2, 0.25) is 6.43 Å². The maximum absolute atomic E-state index is 12.0. The molecule has 0 aliphatic rings. The zero-order valence-corrected chi connectivity index (χ0v) is 10.6. The number of carbonyl (C=O) groups is 2. The molecule has 0 aliphatic heterocycles. The van der Waals surface area contributed by atoms with E-state index < -0.39 is 31.0 Å². The molecule has 110 valence electrons. The molecule has 0 saturated carbocycles. The summed E-state index contributed by atoms with van der Waals surface area (Å²) in [7, 11) is 0. The summed E-state index contributed by atoms with van der Waals surface area (Å²) in [6.07, 6.45) is -4.52. The molecule has 0 fully saturated rings. The van der Waals surface area contributed by atoms with Crippen molar-refractivity contribution in [2.24, 2.45) is 0 Å². The fraction of sp³-hybridized carbons (Fsp3) is 0.385. The van der Waals surface area contributed by atoms with E-state index in [9.17, 15) is 18.4 Å². The van der Waals surface area contributed by atoms with Gasteiger partial charge in [0.15, 0.2) is 0 Å². The van der Waals surface area contributed by atoms with E-state index >= 15 is 0 Å². The Balaban J connectivity index is 2.40. The molecule has 1 amide bonds. The van der Waals surface area contributed by atoms with Crippen molar-refractivity contribution in [2.75, 3.05) is 0 Å². The van der Waals surface area contributed by atoms with Gasteiger partial charge < -0.3 is 15.2 Å². The first-order chi connectivity index (χ1) is 9.49. The topological polar surface area (TPSA) is 75.6 Å². The summed E-state index contributed by atoms with van der Waals surface area (Å²) in [6, 6.07) is 7.41. The van der Waals surface area contributed by atoms with Crippen molar-refractivity contribution >= 4 is 12.1 Å². The van der Waals surface area contributed by atoms with Crippen LogP contribution < -0.4 is 5.32 Å². The third kappa shape index (κ3) is 6.12. The van der Waals surface area contributed by atoms with Gasteiger partial charge >= 0.3 is 12.1 Å². The smallest absolute Gasteiger partial charge is 0.408 e. The van der Waals surface area contributed by atoms with Crippen LogP contribution in [-0.4, -0.2) is 29.6 Å². The van der Waals surface area contributed by atoms with Gasteiger partial charge in [0.05, 0.1) is 0 Å². The number of rotatable bonds is 7. The standard InChI is InChI=1S/C13H15F2NO4/c14-11(15)7-6-10(12(17)18)16-13(19)20-8-9-4-2-1-3-5-9/h1-5,10-11H,6-8H2,(H,16,19)(H,17,18)/t10-/m0/s1. The van der Waals surface area contributed by atoms with E-state index in [0.717, 1.165) is 5.56 Å². The van der Waals surface area contributed by atoms with Crippen LogP contribution in [0.25, 0.3) is 0 Å². The normalized spacial score (nSPS) is 11.9. The first-order valence-electron chi connectivity index (χ1n) is 5.97. The van der Waals surface area contributed by atoms with Crippen LogP contribution >= 0.6 is 0 Å². The highest BCUT2D eigenvalue weighted by atomic mass is 19.3. The van der Waals surface area contributed by atoms with Crippen LogP contribution in [-0.2, 0) is 16.1 Å². The first-order valence-corrected chi connectivity index (χ1v) is 5.97. The molecule has 0 aliphatic carbocycles. The molecule has 0 saturated heterocycles. The number of hydrogen-bond acceptors (Lipinski definition) is 3. The second-order valence-corrected chi connectivity index (χ2v) is 4.07. The fourth-order valence-corrected chi connectivity index (χ4v) is 1.46. The number of hydrogen-bond donors (Lipinski definition) is 2. The van der Waals surface area contributed by atoms with E-state index in [2.05, 4.69) is 0 Å². The second kappa shape index (κ2) is 8.08. The summed E-state index contributed by atoms with van der Waals surface area (Å²) >= 11 is 0. The fourth-order valence-electron chi connectivity index (χ4n) is 1.46. The number of carboxylic acids is 1. The Bertz CT molecular complexity index is 439. The van der Waals surface area contributed by atoms with Crippen LogP contribution in [0.15, 0.2) is 30.3 Å². The Morgan fingerprint density at radius 1 is 1.20 bits per heavy atom. The highest BCUT2D eigenvalue weighted by molar-refractivity contribution is 5.79. The number of carbonyl (C=O) groups excluding carboxylic acids is 1. The zero-order valence-electron chi connectivity index (χ0n) is 10.6. The number of halogens is 2. The minimum atomic E-state index is -2.61. The molecule has 1 aromatic rings. The van der Waals surface area contributed by atoms with Gasteiger partial charge in [-0.3, -0.25) is 0 Å². The maximum atomic E-state index is 12.0. The summed E-state index contributed by atoms with van der Waals surface area (Å²) in [6.45, 7) is -0.0200. The average Bonchev–Trinajstić information content (AvgIpc) is 2.41. The van der Waals surface area contributed by atoms with E-state index in [0.29, 0.717) is 0 Å². The van der Waals surface area contributed by atoms with Crippen molar-refractivity contribution in [3.8, 4) is 0 Å². The molecule has 0 unspecified atom stereocenters. The van der Waals surface area contributed by atoms with E-state index in [1.54, 1.807) is 30.3 Å². The quantitative estimate of drug-likeness (QED) is 0.807. The molecule has 1 aromatic carbocycles. The van der Waals surface area contributed by atoms with Gasteiger partial charge in [0.1, 0.15) is 12.6 Å². The Labute approximate surface area is 114 Å². The van der Waals surface area contributed by atoms with Crippen molar-refractivity contribution in [3.05, 3.63) is 35.9 Å². The van der Waals surface area contributed by atoms with Gasteiger partial charge in [-0.15, -0.1) is 0 Å². The molecule has 0 spiro atoms. The SMILES string of the molecule is O=C(N[C@@H](CCC(F)F)C(=O)O)OCc1ccccc1. The van der Waals surface area contributed by atoms with Crippen molar-refractivity contribution < 1.29 is 28.2 Å². The summed E-state index contributed by atoms with van der Waals surface area (Å²) < 4.78 is 28.9. The minimum Gasteiger partial charge on any atom is -0.480 e. The highest BCUT2D eigenvalue weighted by Gasteiger charge is 2.22. The number of benzene rings is 1. The lowest BCUT2D eigenvalue weighted by Crippen LogP contribution is -2.41. The van der Waals surface area contributed by atoms with Gasteiger partial charge in [0, 0.05) is 6.42 Å². The number of ether oxygens (including phenoxy) is 1. The van der Waals surface area contributed by atoms with E-state index in [-0.39, 0.29) is 13.0 Å². The predicted octanol–water partition coefficient (Wildman–Crippen LogP) is 2.41. The highest BCUT2D eigenvalue weighted by Crippen LogP contribution is 2.07. The van der Waals surface area contributed by atoms with Crippen LogP contribution in [0.3, 0.4) is 0 Å². The minimum absolute atomic E-state index is 0.0200. The van der Waals surface area contributed by atoms with Gasteiger partial charge in [-0.1, -0.05) is 30.3 Å². The number of nitrogens with one attached hydrogen (secondary N) is 1. The van der Waals surface area contributed by atoms with Gasteiger partial charge in [-0.2, -0.15) is 0 Å². The Morgan fingerprint density at radius 3 is 2.40 bits per heavy atom. The molecule has 1 atom stereocenters. The maximum Gasteiger partial charge on any atom is 0.408 e. The molecule has 0 bridgehead atoms. The van der Waals surface area contributed by atoms with Crippen LogP contribution in [0.2, 0.25) is 0 Å². The summed E-state index contributed by atoms with van der Waals surface area (Å²) in [5.74, 6) is -1.37. The lowest BCUT2D eigenvalue weighted by molar-refractivity contribution is -0.139. The zero-order chi connectivity index (χ0) is 15.0. The summed E-state index contributed by atoms with van der Waals surface area (Å²) in [4.78, 5) is 22.2. The monoisotopic (exact) mass is 287 g/mol. The van der Waals surface area contributed by atoms with Crippen molar-refractivity contribution in [2.45, 2.75) is 31.9 Å². The number of carboxylic acid groups (broad SMARTS) is 1. The third-order valence-electron chi connectivity index (χ3n) is 2.48. The molecule has 0 aromatic heterocycles. The molecule has 0 heterocycles. The van der Waals surface area contributed by atoms with Crippen LogP contribution in [0.5, 0.6) is 0 Å². The molecular formula is C13H15F2NO4. The Hall–Kier alpha value is -2.18. The number of alkyl carbamates (subject to hydrolysis) is 1. The van der Waals surface area contributed by atoms with Crippen molar-refractivity contribution in [1.82, 2.24) is 5.32 Å². The second-order valence-electron chi connectivity index (χ2n) is 4.07. The lowest BCUT2D eigenvalue weighted by atomic mass is 10.1. The summed E-state index contributed by atoms with van der Waals surface area (Å²) in [5.41, 5.74) is 0.738. The number of aliphatic carboxylic acids is 1. The number of alkyl halides is 2. The Kier molecular flexibility index (Phi) is 6.42. The molecule has 7 heteroatoms. The molecule has 2 N–H and O–H groups in total. The largest absolute Gasteiger partial charge is 0.480 e. The molecule has 1 rings (SSSR count). The van der Waals surface area contributed by atoms with Crippen LogP contribution in [0, 0.1) is 0 Å². The Morgan fingerprint density at radius 2 is 1.85 bits per heavy atom. The van der Waals surface area contributed by atoms with Gasteiger partial charge in [0.25, 0.3) is 0 Å². The van der Waals surface area contributed by atoms with E-state index in [4.69, 9.17) is 9.84 Å². The first kappa shape index (κ1) is 15.9. The van der Waals surface area contributed by atoms with Crippen molar-refractivity contribution in [1.29, 1.82) is 0 Å². The van der Waals surface area contributed by atoms with E-state index in [1.165, 1.54) is 0 Å². The molecule has 0 radical (unpaired) electrons. The van der Waals surface area contributed by atoms with E-state index in [1.807, 2.05) is 5.32 Å². The lowest BCUT2D eigenvalue weighted by Gasteiger charge is -2.14. The third-order valence-corrected chi connectivity index (χ3v) is 2.48. The van der Waals surface area contributed by atoms with Crippen LogP contribution in [0.1, 0.15) is 18.4 Å². The molecular weight excluding hydrogens is 272 g/mol. The average molecular weight is 287 g/mol. The van der Waals surface area contributed by atoms with Crippen LogP contribution in [0.4, 0.5) is 13.6 Å². The number of amides is 1. The van der Waals surface area contributed by atoms with Crippen molar-refractivity contribution in [3.63, 3.8) is 0 Å². The predicted molar refractivity (Wildman–Crippen MR) is 66.4 cm³/mol. The van der Waals surface area contributed by atoms with Gasteiger partial charge in [-0.05, 0) is 12.0 Å². The van der Waals surface area contributed by atoms with Gasteiger partial charge in [-0.25, -0.2) is 18.4 Å².